The summed E-state index contributed by atoms with van der Waals surface area (Å²) in [5, 5.41) is 10.5. The number of halogens is 1. The number of nitrogens with zero attached hydrogens (tertiary/aromatic N) is 1. The Labute approximate surface area is 152 Å². The Kier molecular flexibility index (Phi) is 6.28. The summed E-state index contributed by atoms with van der Waals surface area (Å²) in [4.78, 5) is 14.3. The van der Waals surface area contributed by atoms with E-state index < -0.39 is 11.7 Å². The molecule has 3 unspecified atom stereocenters. The zero-order chi connectivity index (χ0) is 17.9. The van der Waals surface area contributed by atoms with Crippen molar-refractivity contribution in [3.8, 4) is 0 Å². The molecule has 1 fully saturated rings. The second-order valence-electron chi connectivity index (χ2n) is 7.23. The van der Waals surface area contributed by atoms with E-state index in [-0.39, 0.29) is 18.2 Å². The number of ether oxygens (including phenoxy) is 2. The summed E-state index contributed by atoms with van der Waals surface area (Å²) in [6.45, 7) is 8.36. The zero-order valence-corrected chi connectivity index (χ0v) is 16.2. The van der Waals surface area contributed by atoms with Gasteiger partial charge in [0.1, 0.15) is 5.60 Å². The molecule has 5 nitrogen and oxygen atoms in total. The molecule has 0 saturated carbocycles. The summed E-state index contributed by atoms with van der Waals surface area (Å²) >= 11 is 3.39. The predicted molar refractivity (Wildman–Crippen MR) is 95.9 cm³/mol. The summed E-state index contributed by atoms with van der Waals surface area (Å²) in [5.41, 5.74) is 0.268. The lowest BCUT2D eigenvalue weighted by Gasteiger charge is -2.41. The van der Waals surface area contributed by atoms with Crippen molar-refractivity contribution in [1.29, 1.82) is 0 Å². The molecule has 1 N–H and O–H groups in total. The van der Waals surface area contributed by atoms with Crippen molar-refractivity contribution in [3.05, 3.63) is 34.3 Å². The largest absolute Gasteiger partial charge is 0.444 e. The molecule has 1 aromatic carbocycles. The van der Waals surface area contributed by atoms with Gasteiger partial charge in [0.05, 0.1) is 31.4 Å². The van der Waals surface area contributed by atoms with Crippen molar-refractivity contribution in [2.75, 3.05) is 13.2 Å². The smallest absolute Gasteiger partial charge is 0.410 e. The van der Waals surface area contributed by atoms with E-state index in [1.54, 1.807) is 4.90 Å². The first-order chi connectivity index (χ1) is 11.2. The maximum absolute atomic E-state index is 12.6. The first kappa shape index (κ1) is 19.2. The molecule has 1 aromatic rings. The summed E-state index contributed by atoms with van der Waals surface area (Å²) < 4.78 is 12.1. The molecule has 3 atom stereocenters. The number of carbonyl (C=O) groups is 1. The quantitative estimate of drug-likeness (QED) is 0.836. The molecule has 0 spiro atoms. The third kappa shape index (κ3) is 5.19. The average Bonchev–Trinajstić information content (AvgIpc) is 2.46. The van der Waals surface area contributed by atoms with Crippen molar-refractivity contribution in [2.45, 2.75) is 57.9 Å². The van der Waals surface area contributed by atoms with Gasteiger partial charge >= 0.3 is 6.09 Å². The average molecular weight is 400 g/mol. The summed E-state index contributed by atoms with van der Waals surface area (Å²) in [6.07, 6.45) is -0.612. The molecular formula is C18H26BrNO4. The number of morpholine rings is 1. The number of aliphatic hydroxyl groups excluding tert-OH is 1. The Balaban J connectivity index is 2.10. The molecule has 1 aliphatic rings. The Morgan fingerprint density at radius 2 is 2.00 bits per heavy atom. The maximum atomic E-state index is 12.6. The Bertz CT molecular complexity index is 555. The van der Waals surface area contributed by atoms with Crippen LogP contribution in [0.15, 0.2) is 28.7 Å². The molecule has 1 saturated heterocycles. The Hall–Kier alpha value is -1.11. The number of carbonyl (C=O) groups excluding carboxylic acids is 1. The highest BCUT2D eigenvalue weighted by Crippen LogP contribution is 2.27. The number of amides is 1. The topological polar surface area (TPSA) is 59.0 Å². The highest BCUT2D eigenvalue weighted by atomic mass is 79.9. The zero-order valence-electron chi connectivity index (χ0n) is 14.7. The van der Waals surface area contributed by atoms with Crippen molar-refractivity contribution in [2.24, 2.45) is 0 Å². The van der Waals surface area contributed by atoms with Crippen molar-refractivity contribution < 1.29 is 19.4 Å². The minimum atomic E-state index is -0.665. The molecular weight excluding hydrogens is 374 g/mol. The maximum Gasteiger partial charge on any atom is 0.410 e. The van der Waals surface area contributed by atoms with E-state index in [1.807, 2.05) is 52.0 Å². The fourth-order valence-corrected chi connectivity index (χ4v) is 3.06. The van der Waals surface area contributed by atoms with Crippen LogP contribution in [0.25, 0.3) is 0 Å². The van der Waals surface area contributed by atoms with E-state index in [0.29, 0.717) is 19.6 Å². The van der Waals surface area contributed by atoms with E-state index >= 15 is 0 Å². The van der Waals surface area contributed by atoms with Crippen LogP contribution in [0.1, 0.15) is 45.8 Å². The first-order valence-corrected chi connectivity index (χ1v) is 8.99. The molecule has 2 rings (SSSR count). The molecule has 24 heavy (non-hydrogen) atoms. The van der Waals surface area contributed by atoms with E-state index in [9.17, 15) is 9.90 Å². The summed E-state index contributed by atoms with van der Waals surface area (Å²) in [5.74, 6) is 0. The van der Waals surface area contributed by atoms with Crippen LogP contribution >= 0.6 is 15.9 Å². The van der Waals surface area contributed by atoms with Crippen LogP contribution in [0.5, 0.6) is 0 Å². The van der Waals surface area contributed by atoms with Gasteiger partial charge in [0.25, 0.3) is 0 Å². The van der Waals surface area contributed by atoms with Gasteiger partial charge in [-0.1, -0.05) is 28.1 Å². The SMILES string of the molecule is CC1COCC(CC(O)c2ccc(Br)cc2)N1C(=O)OC(C)(C)C. The molecule has 1 amide bonds. The van der Waals surface area contributed by atoms with E-state index in [2.05, 4.69) is 15.9 Å². The number of benzene rings is 1. The molecule has 6 heteroatoms. The lowest BCUT2D eigenvalue weighted by atomic mass is 10.00. The van der Waals surface area contributed by atoms with Gasteiger partial charge in [0.2, 0.25) is 0 Å². The lowest BCUT2D eigenvalue weighted by molar-refractivity contribution is -0.0662. The molecule has 1 aliphatic heterocycles. The highest BCUT2D eigenvalue weighted by molar-refractivity contribution is 9.10. The molecule has 0 bridgehead atoms. The van der Waals surface area contributed by atoms with Crippen molar-refractivity contribution >= 4 is 22.0 Å². The minimum Gasteiger partial charge on any atom is -0.444 e. The van der Waals surface area contributed by atoms with E-state index in [0.717, 1.165) is 10.0 Å². The number of hydrogen-bond acceptors (Lipinski definition) is 4. The van der Waals surface area contributed by atoms with Gasteiger partial charge in [0.15, 0.2) is 0 Å². The van der Waals surface area contributed by atoms with Gasteiger partial charge < -0.3 is 14.6 Å². The van der Waals surface area contributed by atoms with Crippen LogP contribution in [0.3, 0.4) is 0 Å². The fourth-order valence-electron chi connectivity index (χ4n) is 2.80. The standard InChI is InChI=1S/C18H26BrNO4/c1-12-10-23-11-15(20(12)17(22)24-18(2,3)4)9-16(21)13-5-7-14(19)8-6-13/h5-8,12,15-16,21H,9-11H2,1-4H3. The first-order valence-electron chi connectivity index (χ1n) is 8.20. The molecule has 1 heterocycles. The van der Waals surface area contributed by atoms with Crippen LogP contribution in [0.4, 0.5) is 4.79 Å². The third-order valence-corrected chi connectivity index (χ3v) is 4.42. The van der Waals surface area contributed by atoms with E-state index in [1.165, 1.54) is 0 Å². The van der Waals surface area contributed by atoms with Gasteiger partial charge in [-0.15, -0.1) is 0 Å². The minimum absolute atomic E-state index is 0.0873. The Morgan fingerprint density at radius 1 is 1.38 bits per heavy atom. The molecule has 0 aromatic heterocycles. The second kappa shape index (κ2) is 7.85. The van der Waals surface area contributed by atoms with E-state index in [4.69, 9.17) is 9.47 Å². The normalized spacial score (nSPS) is 23.0. The van der Waals surface area contributed by atoms with Gasteiger partial charge in [0, 0.05) is 10.9 Å². The number of aliphatic hydroxyl groups is 1. The number of hydrogen-bond donors (Lipinski definition) is 1. The molecule has 0 radical (unpaired) electrons. The van der Waals surface area contributed by atoms with Gasteiger partial charge in [-0.25, -0.2) is 4.79 Å². The highest BCUT2D eigenvalue weighted by Gasteiger charge is 2.36. The van der Waals surface area contributed by atoms with Crippen LogP contribution in [0.2, 0.25) is 0 Å². The lowest BCUT2D eigenvalue weighted by Crippen LogP contribution is -2.55. The van der Waals surface area contributed by atoms with Crippen molar-refractivity contribution in [1.82, 2.24) is 4.90 Å². The van der Waals surface area contributed by atoms with Gasteiger partial charge in [-0.2, -0.15) is 0 Å². The molecule has 0 aliphatic carbocycles. The Morgan fingerprint density at radius 3 is 2.58 bits per heavy atom. The van der Waals surface area contributed by atoms with Gasteiger partial charge in [-0.3, -0.25) is 4.90 Å². The monoisotopic (exact) mass is 399 g/mol. The van der Waals surface area contributed by atoms with Crippen LogP contribution in [-0.2, 0) is 9.47 Å². The van der Waals surface area contributed by atoms with Crippen LogP contribution < -0.4 is 0 Å². The third-order valence-electron chi connectivity index (χ3n) is 3.89. The summed E-state index contributed by atoms with van der Waals surface area (Å²) in [7, 11) is 0. The van der Waals surface area contributed by atoms with Crippen LogP contribution in [0, 0.1) is 0 Å². The molecule has 134 valence electrons. The van der Waals surface area contributed by atoms with Crippen LogP contribution in [-0.4, -0.2) is 47.0 Å². The number of rotatable bonds is 3. The second-order valence-corrected chi connectivity index (χ2v) is 8.15. The fraction of sp³-hybridized carbons (Fsp3) is 0.611. The van der Waals surface area contributed by atoms with Crippen molar-refractivity contribution in [3.63, 3.8) is 0 Å². The van der Waals surface area contributed by atoms with Gasteiger partial charge in [-0.05, 0) is 45.4 Å². The summed E-state index contributed by atoms with van der Waals surface area (Å²) in [6, 6.07) is 7.23. The predicted octanol–water partition coefficient (Wildman–Crippen LogP) is 3.90.